The van der Waals surface area contributed by atoms with Crippen LogP contribution < -0.4 is 10.2 Å². The van der Waals surface area contributed by atoms with Gasteiger partial charge in [0, 0.05) is 6.42 Å². The summed E-state index contributed by atoms with van der Waals surface area (Å²) >= 11 is 0. The van der Waals surface area contributed by atoms with Crippen LogP contribution >= 0.6 is 7.82 Å². The summed E-state index contributed by atoms with van der Waals surface area (Å²) in [5.41, 5.74) is 0. The molecule has 398 valence electrons. The van der Waals surface area contributed by atoms with E-state index < -0.39 is 20.0 Å². The molecular formula is C59H111N2O6P. The summed E-state index contributed by atoms with van der Waals surface area (Å²) in [5, 5.41) is 13.6. The first-order valence-corrected chi connectivity index (χ1v) is 30.1. The summed E-state index contributed by atoms with van der Waals surface area (Å²) in [6, 6.07) is -0.881. The molecule has 0 aromatic heterocycles. The minimum atomic E-state index is -4.57. The SMILES string of the molecule is CC/C=C\C/C=C\C/C=C\C/C=C\CCCCCCCCCCCCCCCCCCCCCCCCCCCCCCC(=O)NC(COP(=O)([O-])OCC[N+](C)(C)C)C(O)/C=C/CCCCC. The predicted molar refractivity (Wildman–Crippen MR) is 293 cm³/mol. The number of hydrogen-bond acceptors (Lipinski definition) is 6. The van der Waals surface area contributed by atoms with Gasteiger partial charge in [0.2, 0.25) is 5.91 Å². The van der Waals surface area contributed by atoms with Crippen molar-refractivity contribution >= 4 is 13.7 Å². The number of quaternary nitrogens is 1. The lowest BCUT2D eigenvalue weighted by atomic mass is 10.0. The summed E-state index contributed by atoms with van der Waals surface area (Å²) in [7, 11) is 1.26. The van der Waals surface area contributed by atoms with Crippen molar-refractivity contribution in [1.82, 2.24) is 5.32 Å². The third-order valence-electron chi connectivity index (χ3n) is 12.7. The van der Waals surface area contributed by atoms with Crippen molar-refractivity contribution in [2.24, 2.45) is 0 Å². The van der Waals surface area contributed by atoms with E-state index in [4.69, 9.17) is 9.05 Å². The van der Waals surface area contributed by atoms with Crippen molar-refractivity contribution in [2.45, 2.75) is 270 Å². The second-order valence-electron chi connectivity index (χ2n) is 20.6. The lowest BCUT2D eigenvalue weighted by Gasteiger charge is -2.29. The largest absolute Gasteiger partial charge is 0.756 e. The molecule has 0 radical (unpaired) electrons. The van der Waals surface area contributed by atoms with Gasteiger partial charge in [-0.2, -0.15) is 0 Å². The number of aliphatic hydroxyl groups is 1. The monoisotopic (exact) mass is 975 g/mol. The Bertz CT molecular complexity index is 1290. The van der Waals surface area contributed by atoms with Crippen molar-refractivity contribution in [3.63, 3.8) is 0 Å². The fraction of sp³-hybridized carbons (Fsp3) is 0.814. The van der Waals surface area contributed by atoms with Crippen molar-refractivity contribution in [3.8, 4) is 0 Å². The number of phosphoric acid groups is 1. The first-order chi connectivity index (χ1) is 33.0. The van der Waals surface area contributed by atoms with Gasteiger partial charge in [-0.05, 0) is 57.8 Å². The van der Waals surface area contributed by atoms with Gasteiger partial charge in [-0.1, -0.05) is 254 Å². The third kappa shape index (κ3) is 52.0. The van der Waals surface area contributed by atoms with E-state index in [0.717, 1.165) is 70.6 Å². The zero-order chi connectivity index (χ0) is 49.9. The highest BCUT2D eigenvalue weighted by Gasteiger charge is 2.23. The zero-order valence-electron chi connectivity index (χ0n) is 45.3. The lowest BCUT2D eigenvalue weighted by Crippen LogP contribution is -2.45. The van der Waals surface area contributed by atoms with Crippen molar-refractivity contribution in [2.75, 3.05) is 40.9 Å². The summed E-state index contributed by atoms with van der Waals surface area (Å²) in [4.78, 5) is 25.2. The number of unbranched alkanes of at least 4 members (excludes halogenated alkanes) is 31. The number of likely N-dealkylation sites (N-methyl/N-ethyl adjacent to an activating group) is 1. The fourth-order valence-electron chi connectivity index (χ4n) is 8.26. The maximum Gasteiger partial charge on any atom is 0.268 e. The van der Waals surface area contributed by atoms with Crippen LogP contribution in [0, 0.1) is 0 Å². The number of hydrogen-bond donors (Lipinski definition) is 2. The number of phosphoric ester groups is 1. The van der Waals surface area contributed by atoms with E-state index in [1.54, 1.807) is 6.08 Å². The maximum absolute atomic E-state index is 12.8. The van der Waals surface area contributed by atoms with Crippen LogP contribution in [0.3, 0.4) is 0 Å². The number of nitrogens with zero attached hydrogens (tertiary/aromatic N) is 1. The standard InChI is InChI=1S/C59H111N2O6P/c1-6-8-10-12-13-14-15-16-17-18-19-20-21-22-23-24-25-26-27-28-29-30-31-32-33-34-35-36-37-38-39-40-41-42-43-44-45-46-47-49-51-53-59(63)60-57(58(62)52-50-48-11-9-7-2)56-67-68(64,65)66-55-54-61(3,4)5/h8,10,13-14,16-17,19-20,50,52,57-58,62H,6-7,9,11-12,15,18,21-49,51,53-56H2,1-5H3,(H-,60,63,64,65)/b10-8-,14-13-,17-16-,20-19-,52-50+. The number of carbonyl (C=O) groups is 1. The number of rotatable bonds is 52. The molecule has 0 heterocycles. The first kappa shape index (κ1) is 66.2. The van der Waals surface area contributed by atoms with Crippen LogP contribution in [-0.4, -0.2) is 68.5 Å². The highest BCUT2D eigenvalue weighted by molar-refractivity contribution is 7.45. The molecule has 0 aromatic carbocycles. The van der Waals surface area contributed by atoms with E-state index in [-0.39, 0.29) is 19.1 Å². The van der Waals surface area contributed by atoms with E-state index >= 15 is 0 Å². The molecule has 0 spiro atoms. The Morgan fingerprint density at radius 2 is 0.897 bits per heavy atom. The van der Waals surface area contributed by atoms with E-state index in [9.17, 15) is 19.4 Å². The summed E-state index contributed by atoms with van der Waals surface area (Å²) in [5.74, 6) is -0.202. The van der Waals surface area contributed by atoms with Gasteiger partial charge >= 0.3 is 0 Å². The third-order valence-corrected chi connectivity index (χ3v) is 13.7. The van der Waals surface area contributed by atoms with Crippen molar-refractivity contribution in [3.05, 3.63) is 60.8 Å². The molecule has 0 saturated heterocycles. The van der Waals surface area contributed by atoms with Crippen molar-refractivity contribution < 1.29 is 32.9 Å². The summed E-state index contributed by atoms with van der Waals surface area (Å²) in [6.45, 7) is 4.43. The predicted octanol–water partition coefficient (Wildman–Crippen LogP) is 16.7. The van der Waals surface area contributed by atoms with Crippen LogP contribution in [0.1, 0.15) is 258 Å². The van der Waals surface area contributed by atoms with E-state index in [2.05, 4.69) is 67.8 Å². The molecule has 3 atom stereocenters. The van der Waals surface area contributed by atoms with Crippen LogP contribution in [0.25, 0.3) is 0 Å². The number of aliphatic hydroxyl groups excluding tert-OH is 1. The van der Waals surface area contributed by atoms with Crippen LogP contribution in [-0.2, 0) is 18.4 Å². The number of amides is 1. The van der Waals surface area contributed by atoms with Gasteiger partial charge in [0.15, 0.2) is 0 Å². The van der Waals surface area contributed by atoms with Crippen LogP contribution in [0.5, 0.6) is 0 Å². The van der Waals surface area contributed by atoms with Crippen LogP contribution in [0.15, 0.2) is 60.8 Å². The van der Waals surface area contributed by atoms with Gasteiger partial charge in [0.05, 0.1) is 39.9 Å². The molecule has 0 aliphatic carbocycles. The van der Waals surface area contributed by atoms with Gasteiger partial charge in [-0.3, -0.25) is 9.36 Å². The van der Waals surface area contributed by atoms with Gasteiger partial charge in [0.1, 0.15) is 13.2 Å². The highest BCUT2D eigenvalue weighted by Crippen LogP contribution is 2.38. The van der Waals surface area contributed by atoms with Gasteiger partial charge in [-0.25, -0.2) is 0 Å². The van der Waals surface area contributed by atoms with E-state index in [0.29, 0.717) is 17.4 Å². The number of carbonyl (C=O) groups excluding carboxylic acids is 1. The quantitative estimate of drug-likeness (QED) is 0.0272. The molecule has 0 bridgehead atoms. The molecule has 3 unspecified atom stereocenters. The minimum Gasteiger partial charge on any atom is -0.756 e. The lowest BCUT2D eigenvalue weighted by molar-refractivity contribution is -0.870. The molecular weight excluding hydrogens is 864 g/mol. The minimum absolute atomic E-state index is 0.00112. The molecule has 2 N–H and O–H groups in total. The van der Waals surface area contributed by atoms with Crippen LogP contribution in [0.2, 0.25) is 0 Å². The molecule has 0 aliphatic rings. The normalized spacial score (nSPS) is 14.4. The molecule has 0 fully saturated rings. The zero-order valence-corrected chi connectivity index (χ0v) is 46.2. The molecule has 68 heavy (non-hydrogen) atoms. The average Bonchev–Trinajstić information content (AvgIpc) is 3.30. The average molecular weight is 976 g/mol. The van der Waals surface area contributed by atoms with Gasteiger partial charge in [-0.15, -0.1) is 0 Å². The Balaban J connectivity index is 3.65. The first-order valence-electron chi connectivity index (χ1n) is 28.7. The number of allylic oxidation sites excluding steroid dienone is 9. The highest BCUT2D eigenvalue weighted by atomic mass is 31.2. The smallest absolute Gasteiger partial charge is 0.268 e. The van der Waals surface area contributed by atoms with E-state index in [1.165, 1.54) is 167 Å². The summed E-state index contributed by atoms with van der Waals surface area (Å²) in [6.07, 6.45) is 68.2. The molecule has 0 saturated carbocycles. The Morgan fingerprint density at radius 1 is 0.529 bits per heavy atom. The van der Waals surface area contributed by atoms with Gasteiger partial charge < -0.3 is 28.8 Å². The summed E-state index contributed by atoms with van der Waals surface area (Å²) < 4.78 is 23.1. The molecule has 1 amide bonds. The molecule has 8 nitrogen and oxygen atoms in total. The fourth-order valence-corrected chi connectivity index (χ4v) is 8.99. The molecule has 0 rings (SSSR count). The second-order valence-corrected chi connectivity index (χ2v) is 22.0. The van der Waals surface area contributed by atoms with Crippen molar-refractivity contribution in [1.29, 1.82) is 0 Å². The van der Waals surface area contributed by atoms with Crippen LogP contribution in [0.4, 0.5) is 0 Å². The Labute approximate surface area is 422 Å². The Morgan fingerprint density at radius 3 is 1.31 bits per heavy atom. The Kier molecular flexibility index (Phi) is 48.8. The number of nitrogens with one attached hydrogen (secondary N) is 1. The second kappa shape index (κ2) is 50.2. The molecule has 0 aromatic rings. The van der Waals surface area contributed by atoms with Gasteiger partial charge in [0.25, 0.3) is 7.82 Å². The topological polar surface area (TPSA) is 108 Å². The Hall–Kier alpha value is -1.80. The molecule has 0 aliphatic heterocycles. The van der Waals surface area contributed by atoms with E-state index in [1.807, 2.05) is 27.2 Å². The molecule has 9 heteroatoms. The maximum atomic E-state index is 12.8.